The molecule has 0 bridgehead atoms. The van der Waals surface area contributed by atoms with Gasteiger partial charge >= 0.3 is 0 Å². The highest BCUT2D eigenvalue weighted by Crippen LogP contribution is 2.30. The molecule has 1 saturated heterocycles. The van der Waals surface area contributed by atoms with Gasteiger partial charge in [-0.05, 0) is 37.8 Å². The summed E-state index contributed by atoms with van der Waals surface area (Å²) in [6, 6.07) is 3.54. The van der Waals surface area contributed by atoms with Gasteiger partial charge in [0.25, 0.3) is 0 Å². The van der Waals surface area contributed by atoms with Crippen molar-refractivity contribution in [3.8, 4) is 0 Å². The first-order chi connectivity index (χ1) is 11.2. The van der Waals surface area contributed by atoms with Crippen LogP contribution in [0.3, 0.4) is 0 Å². The summed E-state index contributed by atoms with van der Waals surface area (Å²) in [5, 5.41) is 11.5. The number of anilines is 1. The molecule has 2 aliphatic rings. The Morgan fingerprint density at radius 1 is 1.13 bits per heavy atom. The maximum absolute atomic E-state index is 12.2. The number of carbonyl (C=O) groups is 2. The summed E-state index contributed by atoms with van der Waals surface area (Å²) in [4.78, 5) is 25.8. The molecule has 7 heteroatoms. The summed E-state index contributed by atoms with van der Waals surface area (Å²) in [5.41, 5.74) is 0. The number of hydrogen-bond donors (Lipinski definition) is 1. The van der Waals surface area contributed by atoms with Crippen LogP contribution in [0.2, 0.25) is 0 Å². The predicted octanol–water partition coefficient (Wildman–Crippen LogP) is 2.32. The Labute approximate surface area is 140 Å². The molecule has 1 aliphatic heterocycles. The van der Waals surface area contributed by atoms with E-state index in [1.54, 1.807) is 12.1 Å². The van der Waals surface area contributed by atoms with E-state index in [0.717, 1.165) is 38.8 Å². The molecule has 1 aliphatic carbocycles. The van der Waals surface area contributed by atoms with E-state index in [4.69, 9.17) is 0 Å². The van der Waals surface area contributed by atoms with Gasteiger partial charge in [0.05, 0.1) is 5.75 Å². The van der Waals surface area contributed by atoms with Crippen molar-refractivity contribution in [2.24, 2.45) is 5.92 Å². The van der Waals surface area contributed by atoms with Gasteiger partial charge in [0.1, 0.15) is 5.03 Å². The number of aromatic nitrogens is 2. The highest BCUT2D eigenvalue weighted by atomic mass is 32.2. The van der Waals surface area contributed by atoms with E-state index in [0.29, 0.717) is 16.6 Å². The number of nitrogens with zero attached hydrogens (tertiary/aromatic N) is 3. The van der Waals surface area contributed by atoms with Crippen LogP contribution in [0, 0.1) is 5.92 Å². The van der Waals surface area contributed by atoms with Crippen molar-refractivity contribution in [2.45, 2.75) is 43.6 Å². The molecule has 0 atom stereocenters. The number of carbonyl (C=O) groups excluding carboxylic acids is 2. The maximum atomic E-state index is 12.2. The van der Waals surface area contributed by atoms with Gasteiger partial charge in [-0.1, -0.05) is 24.6 Å². The van der Waals surface area contributed by atoms with Crippen LogP contribution >= 0.6 is 11.8 Å². The van der Waals surface area contributed by atoms with E-state index in [1.165, 1.54) is 24.6 Å². The molecule has 1 aromatic heterocycles. The molecule has 0 radical (unpaired) electrons. The van der Waals surface area contributed by atoms with Crippen LogP contribution in [0.4, 0.5) is 5.82 Å². The van der Waals surface area contributed by atoms with E-state index < -0.39 is 0 Å². The van der Waals surface area contributed by atoms with Crippen LogP contribution in [-0.4, -0.2) is 45.8 Å². The lowest BCUT2D eigenvalue weighted by Crippen LogP contribution is -2.33. The van der Waals surface area contributed by atoms with Crippen molar-refractivity contribution in [3.05, 3.63) is 12.1 Å². The summed E-state index contributed by atoms with van der Waals surface area (Å²) >= 11 is 1.40. The molecule has 1 aromatic rings. The highest BCUT2D eigenvalue weighted by molar-refractivity contribution is 7.99. The van der Waals surface area contributed by atoms with Crippen molar-refractivity contribution >= 4 is 29.4 Å². The zero-order valence-electron chi connectivity index (χ0n) is 13.2. The van der Waals surface area contributed by atoms with Gasteiger partial charge in [-0.25, -0.2) is 0 Å². The first-order valence-corrected chi connectivity index (χ1v) is 9.26. The normalized spacial score (nSPS) is 18.3. The van der Waals surface area contributed by atoms with Crippen LogP contribution < -0.4 is 5.32 Å². The highest BCUT2D eigenvalue weighted by Gasteiger charge is 2.29. The van der Waals surface area contributed by atoms with Crippen LogP contribution in [-0.2, 0) is 9.59 Å². The van der Waals surface area contributed by atoms with Gasteiger partial charge in [-0.2, -0.15) is 0 Å². The smallest absolute Gasteiger partial charge is 0.232 e. The first-order valence-electron chi connectivity index (χ1n) is 8.27. The van der Waals surface area contributed by atoms with E-state index in [2.05, 4.69) is 15.5 Å². The topological polar surface area (TPSA) is 75.2 Å². The van der Waals surface area contributed by atoms with Gasteiger partial charge in [0, 0.05) is 19.0 Å². The van der Waals surface area contributed by atoms with Gasteiger partial charge in [0.15, 0.2) is 5.82 Å². The average Bonchev–Trinajstić information content (AvgIpc) is 3.40. The quantitative estimate of drug-likeness (QED) is 0.837. The molecule has 2 fully saturated rings. The number of likely N-dealkylation sites (tertiary alicyclic amines) is 1. The Morgan fingerprint density at radius 3 is 2.48 bits per heavy atom. The fraction of sp³-hybridized carbons (Fsp3) is 0.625. The largest absolute Gasteiger partial charge is 0.342 e. The average molecular weight is 334 g/mol. The summed E-state index contributed by atoms with van der Waals surface area (Å²) in [6.45, 7) is 1.74. The molecule has 1 N–H and O–H groups in total. The molecule has 124 valence electrons. The van der Waals surface area contributed by atoms with Crippen molar-refractivity contribution in [1.82, 2.24) is 15.1 Å². The molecular weight excluding hydrogens is 312 g/mol. The molecule has 6 nitrogen and oxygen atoms in total. The minimum atomic E-state index is 0.0241. The standard InChI is InChI=1S/C16H22N4O2S/c21-15(20-9-3-1-2-4-10-20)11-23-14-8-7-13(18-19-14)17-16(22)12-5-6-12/h7-8,12H,1-6,9-11H2,(H,17,18,22). The Kier molecular flexibility index (Phi) is 5.48. The second-order valence-electron chi connectivity index (χ2n) is 6.10. The second-order valence-corrected chi connectivity index (χ2v) is 7.10. The van der Waals surface area contributed by atoms with Crippen LogP contribution in [0.5, 0.6) is 0 Å². The Hall–Kier alpha value is -1.63. The minimum Gasteiger partial charge on any atom is -0.342 e. The SMILES string of the molecule is O=C(Nc1ccc(SCC(=O)N2CCCCCC2)nn1)C1CC1. The molecule has 2 amide bonds. The number of rotatable bonds is 5. The number of nitrogens with one attached hydrogen (secondary N) is 1. The van der Waals surface area contributed by atoms with Crippen LogP contribution in [0.25, 0.3) is 0 Å². The lowest BCUT2D eigenvalue weighted by atomic mass is 10.2. The predicted molar refractivity (Wildman–Crippen MR) is 89.2 cm³/mol. The lowest BCUT2D eigenvalue weighted by Gasteiger charge is -2.19. The Balaban J connectivity index is 1.45. The van der Waals surface area contributed by atoms with Crippen molar-refractivity contribution in [2.75, 3.05) is 24.2 Å². The molecule has 1 saturated carbocycles. The fourth-order valence-electron chi connectivity index (χ4n) is 2.58. The first kappa shape index (κ1) is 16.2. The Morgan fingerprint density at radius 2 is 1.87 bits per heavy atom. The van der Waals surface area contributed by atoms with E-state index >= 15 is 0 Å². The fourth-order valence-corrected chi connectivity index (χ4v) is 3.30. The molecule has 0 spiro atoms. The lowest BCUT2D eigenvalue weighted by molar-refractivity contribution is -0.128. The molecule has 23 heavy (non-hydrogen) atoms. The third-order valence-corrected chi connectivity index (χ3v) is 5.05. The summed E-state index contributed by atoms with van der Waals surface area (Å²) in [5.74, 6) is 1.21. The number of hydrogen-bond acceptors (Lipinski definition) is 5. The van der Waals surface area contributed by atoms with Gasteiger partial charge in [-0.15, -0.1) is 10.2 Å². The number of thioether (sulfide) groups is 1. The number of amides is 2. The third-order valence-electron chi connectivity index (χ3n) is 4.14. The molecule has 0 unspecified atom stereocenters. The summed E-state index contributed by atoms with van der Waals surface area (Å²) in [6.07, 6.45) is 6.57. The van der Waals surface area contributed by atoms with Crippen molar-refractivity contribution < 1.29 is 9.59 Å². The summed E-state index contributed by atoms with van der Waals surface area (Å²) < 4.78 is 0. The zero-order chi connectivity index (χ0) is 16.1. The van der Waals surface area contributed by atoms with Crippen LogP contribution in [0.1, 0.15) is 38.5 Å². The van der Waals surface area contributed by atoms with Crippen molar-refractivity contribution in [1.29, 1.82) is 0 Å². The molecule has 3 rings (SSSR count). The maximum Gasteiger partial charge on any atom is 0.232 e. The molecule has 2 heterocycles. The van der Waals surface area contributed by atoms with Crippen LogP contribution in [0.15, 0.2) is 17.2 Å². The van der Waals surface area contributed by atoms with Gasteiger partial charge in [0.2, 0.25) is 11.8 Å². The molecular formula is C16H22N4O2S. The van der Waals surface area contributed by atoms with Gasteiger partial charge in [-0.3, -0.25) is 9.59 Å². The Bertz CT molecular complexity index is 552. The summed E-state index contributed by atoms with van der Waals surface area (Å²) in [7, 11) is 0. The van der Waals surface area contributed by atoms with Crippen molar-refractivity contribution in [3.63, 3.8) is 0 Å². The van der Waals surface area contributed by atoms with E-state index in [-0.39, 0.29) is 17.7 Å². The molecule has 0 aromatic carbocycles. The van der Waals surface area contributed by atoms with E-state index in [1.807, 2.05) is 4.90 Å². The zero-order valence-corrected chi connectivity index (χ0v) is 14.0. The third kappa shape index (κ3) is 4.92. The van der Waals surface area contributed by atoms with E-state index in [9.17, 15) is 9.59 Å². The van der Waals surface area contributed by atoms with Gasteiger partial charge < -0.3 is 10.2 Å². The second kappa shape index (κ2) is 7.77. The monoisotopic (exact) mass is 334 g/mol. The minimum absolute atomic E-state index is 0.0241.